The van der Waals surface area contributed by atoms with E-state index in [0.29, 0.717) is 17.2 Å². The first-order valence-electron chi connectivity index (χ1n) is 7.39. The minimum atomic E-state index is 0.377. The summed E-state index contributed by atoms with van der Waals surface area (Å²) in [6, 6.07) is 13.0. The molecule has 0 saturated carbocycles. The van der Waals surface area contributed by atoms with Gasteiger partial charge in [-0.05, 0) is 44.2 Å². The second-order valence-electron chi connectivity index (χ2n) is 5.30. The molecule has 0 amide bonds. The first-order valence-corrected chi connectivity index (χ1v) is 7.77. The molecule has 6 heteroatoms. The largest absolute Gasteiger partial charge is 0.483 e. The molecule has 120 valence electrons. The minimum absolute atomic E-state index is 0.377. The van der Waals surface area contributed by atoms with Gasteiger partial charge >= 0.3 is 0 Å². The standard InChI is InChI=1S/C18H15ClN4O/c1-12-18(24-11-15-5-3-4-8-21-15)13(2)23(22-12)16-7-6-14(10-20)17(19)9-16/h3-9H,11H2,1-2H3. The monoisotopic (exact) mass is 338 g/mol. The number of hydrogen-bond donors (Lipinski definition) is 0. The zero-order valence-corrected chi connectivity index (χ0v) is 14.1. The number of ether oxygens (including phenoxy) is 1. The fourth-order valence-corrected chi connectivity index (χ4v) is 2.66. The smallest absolute Gasteiger partial charge is 0.164 e. The maximum atomic E-state index is 8.98. The predicted molar refractivity (Wildman–Crippen MR) is 91.3 cm³/mol. The highest BCUT2D eigenvalue weighted by atomic mass is 35.5. The lowest BCUT2D eigenvalue weighted by Crippen LogP contribution is -2.01. The van der Waals surface area contributed by atoms with Gasteiger partial charge in [0, 0.05) is 6.20 Å². The van der Waals surface area contributed by atoms with Crippen LogP contribution >= 0.6 is 11.6 Å². The van der Waals surface area contributed by atoms with E-state index in [1.807, 2.05) is 38.1 Å². The Labute approximate surface area is 145 Å². The quantitative estimate of drug-likeness (QED) is 0.721. The summed E-state index contributed by atoms with van der Waals surface area (Å²) in [5.74, 6) is 0.723. The van der Waals surface area contributed by atoms with Gasteiger partial charge in [-0.25, -0.2) is 4.68 Å². The van der Waals surface area contributed by atoms with Crippen LogP contribution in [0.5, 0.6) is 5.75 Å². The molecule has 0 atom stereocenters. The zero-order valence-electron chi connectivity index (χ0n) is 13.3. The van der Waals surface area contributed by atoms with Gasteiger partial charge < -0.3 is 4.74 Å². The van der Waals surface area contributed by atoms with Crippen molar-refractivity contribution in [1.82, 2.24) is 14.8 Å². The number of nitrogens with zero attached hydrogens (tertiary/aromatic N) is 4. The first kappa shape index (κ1) is 16.0. The van der Waals surface area contributed by atoms with Crippen molar-refractivity contribution in [1.29, 1.82) is 5.26 Å². The molecular formula is C18H15ClN4O. The van der Waals surface area contributed by atoms with Gasteiger partial charge in [0.15, 0.2) is 5.75 Å². The van der Waals surface area contributed by atoms with Crippen molar-refractivity contribution in [3.05, 3.63) is 70.3 Å². The molecule has 1 aromatic carbocycles. The van der Waals surface area contributed by atoms with Crippen molar-refractivity contribution < 1.29 is 4.74 Å². The van der Waals surface area contributed by atoms with E-state index in [9.17, 15) is 0 Å². The van der Waals surface area contributed by atoms with Crippen LogP contribution in [-0.2, 0) is 6.61 Å². The molecule has 24 heavy (non-hydrogen) atoms. The zero-order chi connectivity index (χ0) is 17.1. The number of benzene rings is 1. The number of nitriles is 1. The van der Waals surface area contributed by atoms with Crippen molar-refractivity contribution in [2.24, 2.45) is 0 Å². The molecule has 2 aromatic heterocycles. The molecule has 0 aliphatic rings. The van der Waals surface area contributed by atoms with Crippen LogP contribution in [-0.4, -0.2) is 14.8 Å². The van der Waals surface area contributed by atoms with E-state index in [-0.39, 0.29) is 0 Å². The van der Waals surface area contributed by atoms with Gasteiger partial charge in [0.2, 0.25) is 0 Å². The maximum absolute atomic E-state index is 8.98. The van der Waals surface area contributed by atoms with E-state index in [4.69, 9.17) is 21.6 Å². The Morgan fingerprint density at radius 3 is 2.75 bits per heavy atom. The highest BCUT2D eigenvalue weighted by Crippen LogP contribution is 2.27. The molecule has 3 rings (SSSR count). The van der Waals surface area contributed by atoms with Crippen molar-refractivity contribution in [3.8, 4) is 17.5 Å². The van der Waals surface area contributed by atoms with Crippen LogP contribution in [0.2, 0.25) is 5.02 Å². The molecule has 0 N–H and O–H groups in total. The summed E-state index contributed by atoms with van der Waals surface area (Å²) in [6.45, 7) is 4.20. The van der Waals surface area contributed by atoms with Gasteiger partial charge in [-0.2, -0.15) is 10.4 Å². The number of aryl methyl sites for hydroxylation is 1. The molecule has 5 nitrogen and oxygen atoms in total. The maximum Gasteiger partial charge on any atom is 0.164 e. The summed E-state index contributed by atoms with van der Waals surface area (Å²) in [6.07, 6.45) is 1.74. The normalized spacial score (nSPS) is 10.4. The first-order chi connectivity index (χ1) is 11.6. The van der Waals surface area contributed by atoms with E-state index in [0.717, 1.165) is 28.5 Å². The Kier molecular flexibility index (Phi) is 4.50. The van der Waals surface area contributed by atoms with Crippen LogP contribution in [0.25, 0.3) is 5.69 Å². The molecule has 2 heterocycles. The van der Waals surface area contributed by atoms with E-state index in [1.54, 1.807) is 23.0 Å². The highest BCUT2D eigenvalue weighted by molar-refractivity contribution is 6.31. The van der Waals surface area contributed by atoms with Crippen LogP contribution in [0.3, 0.4) is 0 Å². The molecule has 0 saturated heterocycles. The van der Waals surface area contributed by atoms with Crippen LogP contribution in [0, 0.1) is 25.2 Å². The van der Waals surface area contributed by atoms with Gasteiger partial charge in [-0.15, -0.1) is 0 Å². The van der Waals surface area contributed by atoms with Gasteiger partial charge in [-0.1, -0.05) is 17.7 Å². The topological polar surface area (TPSA) is 63.7 Å². The fourth-order valence-electron chi connectivity index (χ4n) is 2.44. The van der Waals surface area contributed by atoms with Crippen LogP contribution in [0.4, 0.5) is 0 Å². The second-order valence-corrected chi connectivity index (χ2v) is 5.70. The lowest BCUT2D eigenvalue weighted by Gasteiger charge is -2.08. The average Bonchev–Trinajstić information content (AvgIpc) is 2.88. The van der Waals surface area contributed by atoms with Crippen molar-refractivity contribution in [2.75, 3.05) is 0 Å². The Hall–Kier alpha value is -2.84. The third-order valence-electron chi connectivity index (χ3n) is 3.63. The number of rotatable bonds is 4. The SMILES string of the molecule is Cc1nn(-c2ccc(C#N)c(Cl)c2)c(C)c1OCc1ccccn1. The van der Waals surface area contributed by atoms with E-state index in [1.165, 1.54) is 0 Å². The van der Waals surface area contributed by atoms with E-state index in [2.05, 4.69) is 16.2 Å². The van der Waals surface area contributed by atoms with Crippen molar-refractivity contribution >= 4 is 11.6 Å². The Balaban J connectivity index is 1.89. The van der Waals surface area contributed by atoms with Gasteiger partial charge in [-0.3, -0.25) is 4.98 Å². The Morgan fingerprint density at radius 2 is 2.08 bits per heavy atom. The predicted octanol–water partition coefficient (Wildman–Crippen LogP) is 3.99. The molecule has 0 bridgehead atoms. The van der Waals surface area contributed by atoms with Gasteiger partial charge in [0.25, 0.3) is 0 Å². The number of halogens is 1. The van der Waals surface area contributed by atoms with Gasteiger partial charge in [0.1, 0.15) is 18.4 Å². The summed E-state index contributed by atoms with van der Waals surface area (Å²) in [5, 5.41) is 13.9. The number of hydrogen-bond acceptors (Lipinski definition) is 4. The molecule has 0 aliphatic carbocycles. The highest BCUT2D eigenvalue weighted by Gasteiger charge is 2.15. The third kappa shape index (κ3) is 3.10. The van der Waals surface area contributed by atoms with Crippen LogP contribution in [0.1, 0.15) is 22.6 Å². The summed E-state index contributed by atoms with van der Waals surface area (Å²) in [7, 11) is 0. The molecule has 0 spiro atoms. The summed E-state index contributed by atoms with van der Waals surface area (Å²) in [4.78, 5) is 4.25. The third-order valence-corrected chi connectivity index (χ3v) is 3.95. The summed E-state index contributed by atoms with van der Waals surface area (Å²) in [5.41, 5.74) is 3.72. The summed E-state index contributed by atoms with van der Waals surface area (Å²) >= 11 is 6.12. The molecular weight excluding hydrogens is 324 g/mol. The molecule has 0 fully saturated rings. The van der Waals surface area contributed by atoms with Crippen LogP contribution < -0.4 is 4.74 Å². The second kappa shape index (κ2) is 6.73. The lowest BCUT2D eigenvalue weighted by atomic mass is 10.2. The Morgan fingerprint density at radius 1 is 1.25 bits per heavy atom. The average molecular weight is 339 g/mol. The lowest BCUT2D eigenvalue weighted by molar-refractivity contribution is 0.297. The van der Waals surface area contributed by atoms with E-state index >= 15 is 0 Å². The van der Waals surface area contributed by atoms with Crippen LogP contribution in [0.15, 0.2) is 42.6 Å². The van der Waals surface area contributed by atoms with E-state index < -0.39 is 0 Å². The molecule has 3 aromatic rings. The Bertz CT molecular complexity index is 913. The molecule has 0 unspecified atom stereocenters. The minimum Gasteiger partial charge on any atom is -0.483 e. The fraction of sp³-hybridized carbons (Fsp3) is 0.167. The molecule has 0 radical (unpaired) electrons. The number of aromatic nitrogens is 3. The van der Waals surface area contributed by atoms with Gasteiger partial charge in [0.05, 0.1) is 27.7 Å². The van der Waals surface area contributed by atoms with Crippen molar-refractivity contribution in [3.63, 3.8) is 0 Å². The summed E-state index contributed by atoms with van der Waals surface area (Å²) < 4.78 is 7.66. The van der Waals surface area contributed by atoms with Crippen molar-refractivity contribution in [2.45, 2.75) is 20.5 Å². The number of pyridine rings is 1. The molecule has 0 aliphatic heterocycles.